The number of rotatable bonds is 4. The molecule has 1 aromatic rings. The van der Waals surface area contributed by atoms with E-state index in [9.17, 15) is 9.59 Å². The van der Waals surface area contributed by atoms with Crippen LogP contribution in [0.5, 0.6) is 0 Å². The van der Waals surface area contributed by atoms with Crippen molar-refractivity contribution >= 4 is 17.5 Å². The third-order valence-corrected chi connectivity index (χ3v) is 2.87. The predicted molar refractivity (Wildman–Crippen MR) is 64.1 cm³/mol. The second kappa shape index (κ2) is 5.18. The molecule has 1 aliphatic rings. The maximum absolute atomic E-state index is 11.8. The summed E-state index contributed by atoms with van der Waals surface area (Å²) in [6, 6.07) is -0.508. The van der Waals surface area contributed by atoms with Crippen LogP contribution in [0.2, 0.25) is 0 Å². The fourth-order valence-electron chi connectivity index (χ4n) is 1.88. The van der Waals surface area contributed by atoms with Crippen molar-refractivity contribution < 1.29 is 14.3 Å². The molecular formula is C11H16N4O3. The lowest BCUT2D eigenvalue weighted by molar-refractivity contribution is -0.130. The number of amides is 2. The summed E-state index contributed by atoms with van der Waals surface area (Å²) < 4.78 is 6.64. The molecule has 0 radical (unpaired) electrons. The third-order valence-electron chi connectivity index (χ3n) is 2.87. The minimum Gasteiger partial charge on any atom is -0.383 e. The van der Waals surface area contributed by atoms with Gasteiger partial charge in [-0.25, -0.2) is 0 Å². The summed E-state index contributed by atoms with van der Waals surface area (Å²) in [7, 11) is 1.62. The Labute approximate surface area is 105 Å². The average Bonchev–Trinajstić information content (AvgIpc) is 2.80. The molecule has 7 nitrogen and oxygen atoms in total. The Morgan fingerprint density at radius 3 is 3.06 bits per heavy atom. The molecule has 2 amide bonds. The van der Waals surface area contributed by atoms with Crippen molar-refractivity contribution in [3.63, 3.8) is 0 Å². The van der Waals surface area contributed by atoms with Crippen LogP contribution < -0.4 is 10.2 Å². The number of nitrogens with zero attached hydrogens (tertiary/aromatic N) is 3. The fraction of sp³-hybridized carbons (Fsp3) is 0.545. The molecule has 0 bridgehead atoms. The van der Waals surface area contributed by atoms with Gasteiger partial charge in [-0.15, -0.1) is 0 Å². The van der Waals surface area contributed by atoms with Crippen molar-refractivity contribution in [3.05, 3.63) is 12.4 Å². The zero-order valence-electron chi connectivity index (χ0n) is 10.4. The Kier molecular flexibility index (Phi) is 3.61. The van der Waals surface area contributed by atoms with Crippen LogP contribution in [0.3, 0.4) is 0 Å². The Hall–Kier alpha value is -1.89. The van der Waals surface area contributed by atoms with Crippen molar-refractivity contribution in [2.75, 3.05) is 25.2 Å². The van der Waals surface area contributed by atoms with Crippen molar-refractivity contribution in [3.8, 4) is 0 Å². The number of anilines is 1. The highest BCUT2D eigenvalue weighted by Crippen LogP contribution is 2.18. The number of hydrogen-bond donors (Lipinski definition) is 1. The molecule has 1 aliphatic heterocycles. The minimum absolute atomic E-state index is 0.0342. The van der Waals surface area contributed by atoms with Crippen LogP contribution in [0.4, 0.5) is 5.69 Å². The molecule has 98 valence electrons. The lowest BCUT2D eigenvalue weighted by Gasteiger charge is -2.31. The van der Waals surface area contributed by atoms with Crippen molar-refractivity contribution in [2.45, 2.75) is 19.5 Å². The minimum atomic E-state index is -0.508. The molecule has 1 fully saturated rings. The molecule has 1 N–H and O–H groups in total. The summed E-state index contributed by atoms with van der Waals surface area (Å²) in [6.07, 6.45) is 3.33. The molecule has 7 heteroatoms. The smallest absolute Gasteiger partial charge is 0.247 e. The standard InChI is InChI=1S/C11H16N4O3/c1-8-11(17)12-6-10(16)15(8)9-5-13-14(7-9)3-4-18-2/h5,7-8H,3-4,6H2,1-2H3,(H,12,17). The van der Waals surface area contributed by atoms with Gasteiger partial charge in [0.05, 0.1) is 31.6 Å². The monoisotopic (exact) mass is 252 g/mol. The molecule has 1 aromatic heterocycles. The molecule has 0 aliphatic carbocycles. The molecule has 1 atom stereocenters. The van der Waals surface area contributed by atoms with Crippen molar-refractivity contribution in [2.24, 2.45) is 0 Å². The number of nitrogens with one attached hydrogen (secondary N) is 1. The van der Waals surface area contributed by atoms with Gasteiger partial charge in [0.2, 0.25) is 11.8 Å². The molecule has 2 heterocycles. The van der Waals surface area contributed by atoms with E-state index in [4.69, 9.17) is 4.74 Å². The highest BCUT2D eigenvalue weighted by Gasteiger charge is 2.32. The Balaban J connectivity index is 2.16. The molecule has 0 spiro atoms. The van der Waals surface area contributed by atoms with Crippen LogP contribution in [0.15, 0.2) is 12.4 Å². The van der Waals surface area contributed by atoms with E-state index in [1.165, 1.54) is 4.90 Å². The molecular weight excluding hydrogens is 236 g/mol. The van der Waals surface area contributed by atoms with Gasteiger partial charge in [-0.05, 0) is 6.92 Å². The van der Waals surface area contributed by atoms with E-state index < -0.39 is 6.04 Å². The van der Waals surface area contributed by atoms with E-state index in [-0.39, 0.29) is 18.4 Å². The summed E-state index contributed by atoms with van der Waals surface area (Å²) in [4.78, 5) is 24.8. The molecule has 0 aromatic carbocycles. The van der Waals surface area contributed by atoms with Crippen LogP contribution in [-0.2, 0) is 20.9 Å². The van der Waals surface area contributed by atoms with Crippen LogP contribution in [0.1, 0.15) is 6.92 Å². The summed E-state index contributed by atoms with van der Waals surface area (Å²) >= 11 is 0. The Morgan fingerprint density at radius 1 is 1.56 bits per heavy atom. The summed E-state index contributed by atoms with van der Waals surface area (Å²) in [5.41, 5.74) is 0.637. The largest absolute Gasteiger partial charge is 0.383 e. The number of carbonyl (C=O) groups excluding carboxylic acids is 2. The zero-order chi connectivity index (χ0) is 13.1. The second-order valence-electron chi connectivity index (χ2n) is 4.11. The van der Waals surface area contributed by atoms with Crippen LogP contribution in [0, 0.1) is 0 Å². The highest BCUT2D eigenvalue weighted by atomic mass is 16.5. The van der Waals surface area contributed by atoms with Crippen molar-refractivity contribution in [1.29, 1.82) is 0 Å². The van der Waals surface area contributed by atoms with Gasteiger partial charge in [0.15, 0.2) is 0 Å². The first-order valence-corrected chi connectivity index (χ1v) is 5.74. The summed E-state index contributed by atoms with van der Waals surface area (Å²) in [5, 5.41) is 6.68. The number of methoxy groups -OCH3 is 1. The first-order chi connectivity index (χ1) is 8.63. The van der Waals surface area contributed by atoms with Crippen LogP contribution in [-0.4, -0.2) is 47.9 Å². The topological polar surface area (TPSA) is 76.5 Å². The Morgan fingerprint density at radius 2 is 2.33 bits per heavy atom. The lowest BCUT2D eigenvalue weighted by atomic mass is 10.2. The van der Waals surface area contributed by atoms with Crippen molar-refractivity contribution in [1.82, 2.24) is 15.1 Å². The van der Waals surface area contributed by atoms with Gasteiger partial charge in [0, 0.05) is 13.3 Å². The second-order valence-corrected chi connectivity index (χ2v) is 4.11. The highest BCUT2D eigenvalue weighted by molar-refractivity contribution is 6.06. The zero-order valence-corrected chi connectivity index (χ0v) is 10.4. The van der Waals surface area contributed by atoms with E-state index in [0.717, 1.165) is 0 Å². The van der Waals surface area contributed by atoms with Crippen LogP contribution in [0.25, 0.3) is 0 Å². The molecule has 1 saturated heterocycles. The van der Waals surface area contributed by atoms with Gasteiger partial charge < -0.3 is 10.1 Å². The quantitative estimate of drug-likeness (QED) is 0.775. The number of ether oxygens (including phenoxy) is 1. The number of hydrogen-bond acceptors (Lipinski definition) is 4. The normalized spacial score (nSPS) is 20.1. The summed E-state index contributed by atoms with van der Waals surface area (Å²) in [6.45, 7) is 2.88. The Bertz CT molecular complexity index is 457. The van der Waals surface area contributed by atoms with E-state index in [2.05, 4.69) is 10.4 Å². The fourth-order valence-corrected chi connectivity index (χ4v) is 1.88. The maximum atomic E-state index is 11.8. The molecule has 0 saturated carbocycles. The predicted octanol–water partition coefficient (Wildman–Crippen LogP) is -0.619. The molecule has 2 rings (SSSR count). The first-order valence-electron chi connectivity index (χ1n) is 5.74. The average molecular weight is 252 g/mol. The van der Waals surface area contributed by atoms with E-state index in [0.29, 0.717) is 18.8 Å². The van der Waals surface area contributed by atoms with E-state index in [1.54, 1.807) is 31.1 Å². The summed E-state index contributed by atoms with van der Waals surface area (Å²) in [5.74, 6) is -0.285. The van der Waals surface area contributed by atoms with Gasteiger partial charge in [-0.1, -0.05) is 0 Å². The number of carbonyl (C=O) groups is 2. The third kappa shape index (κ3) is 2.35. The lowest BCUT2D eigenvalue weighted by Crippen LogP contribution is -2.57. The van der Waals surface area contributed by atoms with Gasteiger partial charge >= 0.3 is 0 Å². The molecule has 1 unspecified atom stereocenters. The first kappa shape index (κ1) is 12.6. The number of piperazine rings is 1. The maximum Gasteiger partial charge on any atom is 0.247 e. The molecule has 18 heavy (non-hydrogen) atoms. The van der Waals surface area contributed by atoms with Gasteiger partial charge in [-0.2, -0.15) is 5.10 Å². The number of aromatic nitrogens is 2. The van der Waals surface area contributed by atoms with Gasteiger partial charge in [0.25, 0.3) is 0 Å². The van der Waals surface area contributed by atoms with Crippen LogP contribution >= 0.6 is 0 Å². The van der Waals surface area contributed by atoms with E-state index >= 15 is 0 Å². The van der Waals surface area contributed by atoms with Gasteiger partial charge in [0.1, 0.15) is 6.04 Å². The SMILES string of the molecule is COCCn1cc(N2C(=O)CNC(=O)C2C)cn1. The van der Waals surface area contributed by atoms with E-state index in [1.807, 2.05) is 0 Å². The van der Waals surface area contributed by atoms with Gasteiger partial charge in [-0.3, -0.25) is 19.2 Å².